The second-order valence-electron chi connectivity index (χ2n) is 18.8. The number of rotatable bonds is 51. The summed E-state index contributed by atoms with van der Waals surface area (Å²) in [6, 6.07) is 0. The van der Waals surface area contributed by atoms with Gasteiger partial charge in [0.25, 0.3) is 0 Å². The van der Waals surface area contributed by atoms with Crippen molar-refractivity contribution in [2.24, 2.45) is 0 Å². The van der Waals surface area contributed by atoms with Gasteiger partial charge in [-0.3, -0.25) is 14.4 Å². The molecule has 0 unspecified atom stereocenters. The number of hydrogen-bond acceptors (Lipinski definition) is 6. The van der Waals surface area contributed by atoms with E-state index in [9.17, 15) is 14.4 Å². The molecule has 0 aliphatic heterocycles. The molecule has 0 aliphatic carbocycles. The Labute approximate surface area is 426 Å². The minimum atomic E-state index is -0.819. The van der Waals surface area contributed by atoms with E-state index in [1.807, 2.05) is 0 Å². The van der Waals surface area contributed by atoms with Gasteiger partial charge in [0.1, 0.15) is 13.2 Å². The summed E-state index contributed by atoms with van der Waals surface area (Å²) in [4.78, 5) is 38.1. The van der Waals surface area contributed by atoms with E-state index in [-0.39, 0.29) is 37.5 Å². The van der Waals surface area contributed by atoms with Gasteiger partial charge in [0, 0.05) is 19.3 Å². The van der Waals surface area contributed by atoms with Gasteiger partial charge in [0.2, 0.25) is 0 Å². The van der Waals surface area contributed by atoms with E-state index < -0.39 is 6.10 Å². The molecule has 0 aliphatic rings. The highest BCUT2D eigenvalue weighted by Gasteiger charge is 2.19. The van der Waals surface area contributed by atoms with Gasteiger partial charge in [-0.05, 0) is 103 Å². The van der Waals surface area contributed by atoms with E-state index in [4.69, 9.17) is 14.2 Å². The summed E-state index contributed by atoms with van der Waals surface area (Å²) in [6.07, 6.45) is 75.4. The number of esters is 3. The first-order valence-electron chi connectivity index (χ1n) is 28.7. The maximum absolute atomic E-state index is 12.8. The molecule has 0 aromatic carbocycles. The standard InChI is InChI=1S/C63H106O6/c1-4-7-10-13-16-19-22-25-28-30-31-33-35-38-41-44-47-50-53-56-62(65)68-59-60(58-67-61(64)55-52-49-46-43-40-37-34-27-24-21-18-15-12-9-6-3)69-63(66)57-54-51-48-45-42-39-36-32-29-26-23-20-17-14-11-8-5-2/h16-17,19-20,25-26,28-29,31,33,36,38-39,41,45,48,60H,4-15,18,21-24,27,30,32,34-35,37,40,42-44,46-47,49-59H2,1-3H3/b19-16-,20-17-,28-25-,29-26-,33-31-,39-36-,41-38-,48-45-/t60-/m0/s1. The van der Waals surface area contributed by atoms with E-state index in [1.165, 1.54) is 128 Å². The highest BCUT2D eigenvalue weighted by atomic mass is 16.6. The van der Waals surface area contributed by atoms with Crippen molar-refractivity contribution in [1.29, 1.82) is 0 Å². The Kier molecular flexibility index (Phi) is 53.9. The fourth-order valence-electron chi connectivity index (χ4n) is 7.71. The lowest BCUT2D eigenvalue weighted by molar-refractivity contribution is -0.167. The smallest absolute Gasteiger partial charge is 0.306 e. The second-order valence-corrected chi connectivity index (χ2v) is 18.8. The van der Waals surface area contributed by atoms with Gasteiger partial charge in [-0.2, -0.15) is 0 Å². The maximum Gasteiger partial charge on any atom is 0.306 e. The lowest BCUT2D eigenvalue weighted by Crippen LogP contribution is -2.30. The lowest BCUT2D eigenvalue weighted by atomic mass is 10.0. The number of carbonyl (C=O) groups excluding carboxylic acids is 3. The Bertz CT molecular complexity index is 1380. The van der Waals surface area contributed by atoms with Gasteiger partial charge >= 0.3 is 17.9 Å². The van der Waals surface area contributed by atoms with Crippen LogP contribution in [0.4, 0.5) is 0 Å². The van der Waals surface area contributed by atoms with Crippen LogP contribution in [0.1, 0.15) is 265 Å². The highest BCUT2D eigenvalue weighted by molar-refractivity contribution is 5.71. The molecule has 6 heteroatoms. The van der Waals surface area contributed by atoms with Crippen LogP contribution in [-0.4, -0.2) is 37.2 Å². The number of hydrogen-bond donors (Lipinski definition) is 0. The van der Waals surface area contributed by atoms with Crippen molar-refractivity contribution in [3.8, 4) is 0 Å². The SMILES string of the molecule is CCCCC/C=C\C/C=C\C/C=C\C/C=C\CCCCCC(=O)OC[C@H](COC(=O)CCCCCCCCCCCCCCCCC)OC(=O)CCC/C=C\C/C=C\C/C=C\C/C=C\CCCCC. The molecule has 0 rings (SSSR count). The average Bonchev–Trinajstić information content (AvgIpc) is 3.35. The fraction of sp³-hybridized carbons (Fsp3) is 0.698. The van der Waals surface area contributed by atoms with Crippen LogP contribution < -0.4 is 0 Å². The highest BCUT2D eigenvalue weighted by Crippen LogP contribution is 2.15. The van der Waals surface area contributed by atoms with Crippen LogP contribution >= 0.6 is 0 Å². The van der Waals surface area contributed by atoms with Crippen LogP contribution in [0.5, 0.6) is 0 Å². The first-order chi connectivity index (χ1) is 34.0. The van der Waals surface area contributed by atoms with Crippen molar-refractivity contribution in [3.63, 3.8) is 0 Å². The third-order valence-electron chi connectivity index (χ3n) is 12.1. The van der Waals surface area contributed by atoms with Gasteiger partial charge in [-0.1, -0.05) is 240 Å². The minimum absolute atomic E-state index is 0.108. The van der Waals surface area contributed by atoms with Crippen molar-refractivity contribution < 1.29 is 28.6 Å². The summed E-state index contributed by atoms with van der Waals surface area (Å²) < 4.78 is 16.8. The molecule has 0 radical (unpaired) electrons. The Balaban J connectivity index is 4.53. The normalized spacial score (nSPS) is 12.8. The Morgan fingerprint density at radius 2 is 0.536 bits per heavy atom. The van der Waals surface area contributed by atoms with Crippen molar-refractivity contribution in [1.82, 2.24) is 0 Å². The largest absolute Gasteiger partial charge is 0.462 e. The van der Waals surface area contributed by atoms with Gasteiger partial charge in [0.15, 0.2) is 6.10 Å². The van der Waals surface area contributed by atoms with Crippen molar-refractivity contribution in [2.45, 2.75) is 271 Å². The van der Waals surface area contributed by atoms with E-state index in [2.05, 4.69) is 118 Å². The average molecular weight is 960 g/mol. The topological polar surface area (TPSA) is 78.9 Å². The molecular weight excluding hydrogens is 853 g/mol. The number of unbranched alkanes of at least 4 members (excludes halogenated alkanes) is 24. The van der Waals surface area contributed by atoms with Crippen molar-refractivity contribution in [2.75, 3.05) is 13.2 Å². The summed E-state index contributed by atoms with van der Waals surface area (Å²) >= 11 is 0. The molecule has 0 fully saturated rings. The second kappa shape index (κ2) is 56.9. The molecule has 6 nitrogen and oxygen atoms in total. The van der Waals surface area contributed by atoms with Crippen molar-refractivity contribution >= 4 is 17.9 Å². The van der Waals surface area contributed by atoms with Gasteiger partial charge in [0.05, 0.1) is 0 Å². The summed E-state index contributed by atoms with van der Waals surface area (Å²) in [5, 5.41) is 0. The van der Waals surface area contributed by atoms with E-state index in [0.717, 1.165) is 89.9 Å². The summed E-state index contributed by atoms with van der Waals surface area (Å²) in [6.45, 7) is 6.52. The predicted molar refractivity (Wildman–Crippen MR) is 297 cm³/mol. The zero-order valence-corrected chi connectivity index (χ0v) is 45.0. The number of ether oxygens (including phenoxy) is 3. The van der Waals surface area contributed by atoms with E-state index >= 15 is 0 Å². The third-order valence-corrected chi connectivity index (χ3v) is 12.1. The van der Waals surface area contributed by atoms with Gasteiger partial charge in [-0.15, -0.1) is 0 Å². The Hall–Kier alpha value is -3.67. The molecule has 1 atom stereocenters. The lowest BCUT2D eigenvalue weighted by Gasteiger charge is -2.18. The van der Waals surface area contributed by atoms with Crippen LogP contribution in [0, 0.1) is 0 Å². The number of carbonyl (C=O) groups is 3. The molecule has 0 spiro atoms. The zero-order chi connectivity index (χ0) is 50.0. The summed E-state index contributed by atoms with van der Waals surface area (Å²) in [5.74, 6) is -0.993. The van der Waals surface area contributed by atoms with E-state index in [0.29, 0.717) is 19.3 Å². The molecule has 0 saturated carbocycles. The molecule has 0 saturated heterocycles. The molecule has 0 N–H and O–H groups in total. The molecular formula is C63H106O6. The van der Waals surface area contributed by atoms with Crippen LogP contribution in [0.25, 0.3) is 0 Å². The molecule has 69 heavy (non-hydrogen) atoms. The zero-order valence-electron chi connectivity index (χ0n) is 45.0. The third kappa shape index (κ3) is 55.1. The Morgan fingerprint density at radius 3 is 0.884 bits per heavy atom. The number of allylic oxidation sites excluding steroid dienone is 16. The van der Waals surface area contributed by atoms with Crippen LogP contribution in [0.15, 0.2) is 97.2 Å². The predicted octanol–water partition coefficient (Wildman–Crippen LogP) is 19.3. The van der Waals surface area contributed by atoms with Crippen LogP contribution in [0.3, 0.4) is 0 Å². The molecule has 0 amide bonds. The fourth-order valence-corrected chi connectivity index (χ4v) is 7.71. The van der Waals surface area contributed by atoms with Crippen molar-refractivity contribution in [3.05, 3.63) is 97.2 Å². The summed E-state index contributed by atoms with van der Waals surface area (Å²) in [7, 11) is 0. The quantitative estimate of drug-likeness (QED) is 0.0262. The van der Waals surface area contributed by atoms with Gasteiger partial charge in [-0.25, -0.2) is 0 Å². The van der Waals surface area contributed by atoms with Crippen LogP contribution in [0.2, 0.25) is 0 Å². The molecule has 0 heterocycles. The summed E-state index contributed by atoms with van der Waals surface area (Å²) in [5.41, 5.74) is 0. The first kappa shape index (κ1) is 65.3. The molecule has 0 aromatic rings. The monoisotopic (exact) mass is 959 g/mol. The maximum atomic E-state index is 12.8. The first-order valence-corrected chi connectivity index (χ1v) is 28.7. The molecule has 0 aromatic heterocycles. The molecule has 0 bridgehead atoms. The van der Waals surface area contributed by atoms with Gasteiger partial charge < -0.3 is 14.2 Å². The Morgan fingerprint density at radius 1 is 0.290 bits per heavy atom. The van der Waals surface area contributed by atoms with Crippen LogP contribution in [-0.2, 0) is 28.6 Å². The molecule has 394 valence electrons. The van der Waals surface area contributed by atoms with E-state index in [1.54, 1.807) is 0 Å². The minimum Gasteiger partial charge on any atom is -0.462 e.